The van der Waals surface area contributed by atoms with Gasteiger partial charge in [0.05, 0.1) is 6.33 Å². The number of carbonyl (C=O) groups excluding carboxylic acids is 1. The maximum Gasteiger partial charge on any atom is 0.212 e. The van der Waals surface area contributed by atoms with Crippen LogP contribution in [0.4, 0.5) is 5.82 Å². The van der Waals surface area contributed by atoms with Crippen molar-refractivity contribution in [3.8, 4) is 0 Å². The lowest BCUT2D eigenvalue weighted by Crippen LogP contribution is -2.12. The Morgan fingerprint density at radius 3 is 3.18 bits per heavy atom. The van der Waals surface area contributed by atoms with Crippen LogP contribution in [0.2, 0.25) is 0 Å². The first-order chi connectivity index (χ1) is 5.25. The van der Waals surface area contributed by atoms with Crippen molar-refractivity contribution in [2.24, 2.45) is 5.73 Å². The van der Waals surface area contributed by atoms with Gasteiger partial charge in [0.25, 0.3) is 0 Å². The van der Waals surface area contributed by atoms with Crippen LogP contribution < -0.4 is 11.1 Å². The molecule has 1 rings (SSSR count). The van der Waals surface area contributed by atoms with Crippen molar-refractivity contribution in [1.29, 1.82) is 0 Å². The number of nitrogens with zero attached hydrogens (tertiary/aromatic N) is 1. The maximum atomic E-state index is 10.00. The standard InChI is InChI=1S/C5H6N4OS/c6-4(11)3-5(9-2-10)8-1-7-3/h1-2H,(H2,6,11)(H,7,8)(H,9,10). The summed E-state index contributed by atoms with van der Waals surface area (Å²) in [5.41, 5.74) is 5.76. The van der Waals surface area contributed by atoms with Crippen LogP contribution in [-0.4, -0.2) is 21.4 Å². The summed E-state index contributed by atoms with van der Waals surface area (Å²) in [4.78, 5) is 16.6. The van der Waals surface area contributed by atoms with Crippen LogP contribution >= 0.6 is 12.2 Å². The molecule has 0 unspecified atom stereocenters. The van der Waals surface area contributed by atoms with Gasteiger partial charge in [0.15, 0.2) is 5.82 Å². The summed E-state index contributed by atoms with van der Waals surface area (Å²) in [7, 11) is 0. The van der Waals surface area contributed by atoms with E-state index in [0.29, 0.717) is 17.9 Å². The monoisotopic (exact) mass is 170 g/mol. The normalized spacial score (nSPS) is 9.09. The number of carbonyl (C=O) groups is 1. The van der Waals surface area contributed by atoms with Gasteiger partial charge in [-0.25, -0.2) is 4.98 Å². The second-order valence-electron chi connectivity index (χ2n) is 1.75. The highest BCUT2D eigenvalue weighted by molar-refractivity contribution is 7.80. The van der Waals surface area contributed by atoms with E-state index in [-0.39, 0.29) is 4.99 Å². The van der Waals surface area contributed by atoms with E-state index in [0.717, 1.165) is 0 Å². The first-order valence-corrected chi connectivity index (χ1v) is 3.20. The van der Waals surface area contributed by atoms with Crippen LogP contribution in [0.15, 0.2) is 6.33 Å². The quantitative estimate of drug-likeness (QED) is 0.426. The maximum absolute atomic E-state index is 10.00. The zero-order valence-corrected chi connectivity index (χ0v) is 6.31. The highest BCUT2D eigenvalue weighted by Gasteiger charge is 2.05. The van der Waals surface area contributed by atoms with E-state index in [1.165, 1.54) is 6.33 Å². The van der Waals surface area contributed by atoms with Gasteiger partial charge in [0.2, 0.25) is 6.41 Å². The molecule has 0 fully saturated rings. The van der Waals surface area contributed by atoms with Crippen molar-refractivity contribution >= 4 is 29.4 Å². The van der Waals surface area contributed by atoms with E-state index >= 15 is 0 Å². The molecule has 0 radical (unpaired) electrons. The largest absolute Gasteiger partial charge is 0.388 e. The minimum atomic E-state index is 0.173. The van der Waals surface area contributed by atoms with Gasteiger partial charge >= 0.3 is 0 Å². The smallest absolute Gasteiger partial charge is 0.212 e. The van der Waals surface area contributed by atoms with Crippen LogP contribution in [0.1, 0.15) is 5.69 Å². The summed E-state index contributed by atoms with van der Waals surface area (Å²) in [6, 6.07) is 0. The van der Waals surface area contributed by atoms with Gasteiger partial charge in [-0.15, -0.1) is 0 Å². The first-order valence-electron chi connectivity index (χ1n) is 2.79. The summed E-state index contributed by atoms with van der Waals surface area (Å²) in [5, 5.41) is 2.35. The molecular weight excluding hydrogens is 164 g/mol. The number of aromatic nitrogens is 2. The molecule has 1 amide bonds. The van der Waals surface area contributed by atoms with Gasteiger partial charge < -0.3 is 16.0 Å². The molecule has 6 heteroatoms. The van der Waals surface area contributed by atoms with Gasteiger partial charge in [-0.2, -0.15) is 0 Å². The lowest BCUT2D eigenvalue weighted by Gasteiger charge is -1.95. The number of rotatable bonds is 3. The second-order valence-corrected chi connectivity index (χ2v) is 2.19. The Kier molecular flexibility index (Phi) is 2.17. The van der Waals surface area contributed by atoms with Gasteiger partial charge in [0.1, 0.15) is 10.7 Å². The SMILES string of the molecule is NC(=S)c1[nH]cnc1NC=O. The number of hydrogen-bond acceptors (Lipinski definition) is 3. The van der Waals surface area contributed by atoms with Crippen LogP contribution in [0, 0.1) is 0 Å². The predicted molar refractivity (Wildman–Crippen MR) is 44.2 cm³/mol. The number of anilines is 1. The van der Waals surface area contributed by atoms with Crippen molar-refractivity contribution < 1.29 is 4.79 Å². The predicted octanol–water partition coefficient (Wildman–Crippen LogP) is -0.388. The summed E-state index contributed by atoms with van der Waals surface area (Å²) in [6.45, 7) is 0. The number of imidazole rings is 1. The van der Waals surface area contributed by atoms with Crippen LogP contribution in [-0.2, 0) is 4.79 Å². The van der Waals surface area contributed by atoms with Crippen molar-refractivity contribution in [1.82, 2.24) is 9.97 Å². The van der Waals surface area contributed by atoms with E-state index in [2.05, 4.69) is 27.5 Å². The number of H-pyrrole nitrogens is 1. The molecule has 0 aliphatic carbocycles. The third-order valence-electron chi connectivity index (χ3n) is 1.08. The topological polar surface area (TPSA) is 83.8 Å². The fourth-order valence-electron chi connectivity index (χ4n) is 0.647. The molecule has 1 heterocycles. The Labute approximate surface area is 68.0 Å². The molecule has 0 atom stereocenters. The number of hydrogen-bond donors (Lipinski definition) is 3. The molecule has 58 valence electrons. The zero-order chi connectivity index (χ0) is 8.27. The fraction of sp³-hybridized carbons (Fsp3) is 0. The summed E-state index contributed by atoms with van der Waals surface area (Å²) in [6.07, 6.45) is 1.91. The highest BCUT2D eigenvalue weighted by Crippen LogP contribution is 2.06. The molecule has 0 saturated heterocycles. The average molecular weight is 170 g/mol. The van der Waals surface area contributed by atoms with E-state index in [1.807, 2.05) is 0 Å². The Morgan fingerprint density at radius 1 is 1.91 bits per heavy atom. The molecular formula is C5H6N4OS. The number of nitrogens with two attached hydrogens (primary N) is 1. The van der Waals surface area contributed by atoms with Gasteiger partial charge in [0, 0.05) is 0 Å². The molecule has 4 N–H and O–H groups in total. The first kappa shape index (κ1) is 7.67. The van der Waals surface area contributed by atoms with E-state index < -0.39 is 0 Å². The Hall–Kier alpha value is -1.43. The molecule has 0 aliphatic heterocycles. The number of aromatic amines is 1. The molecule has 1 aromatic rings. The second kappa shape index (κ2) is 3.11. The van der Waals surface area contributed by atoms with Gasteiger partial charge in [-0.3, -0.25) is 4.79 Å². The molecule has 11 heavy (non-hydrogen) atoms. The van der Waals surface area contributed by atoms with Crippen LogP contribution in [0.25, 0.3) is 0 Å². The van der Waals surface area contributed by atoms with Crippen molar-refractivity contribution in [3.63, 3.8) is 0 Å². The van der Waals surface area contributed by atoms with Gasteiger partial charge in [-0.1, -0.05) is 12.2 Å². The fourth-order valence-corrected chi connectivity index (χ4v) is 0.803. The number of nitrogens with one attached hydrogen (secondary N) is 2. The molecule has 0 bridgehead atoms. The lowest BCUT2D eigenvalue weighted by molar-refractivity contribution is -0.105. The minimum absolute atomic E-state index is 0.173. The van der Waals surface area contributed by atoms with Crippen molar-refractivity contribution in [3.05, 3.63) is 12.0 Å². The Bertz CT molecular complexity index is 282. The van der Waals surface area contributed by atoms with E-state index in [1.54, 1.807) is 0 Å². The van der Waals surface area contributed by atoms with Crippen molar-refractivity contribution in [2.45, 2.75) is 0 Å². The summed E-state index contributed by atoms with van der Waals surface area (Å²) >= 11 is 4.67. The third-order valence-corrected chi connectivity index (χ3v) is 1.29. The number of amides is 1. The summed E-state index contributed by atoms with van der Waals surface area (Å²) < 4.78 is 0. The molecule has 0 saturated carbocycles. The number of thiocarbonyl (C=S) groups is 1. The Morgan fingerprint density at radius 2 is 2.64 bits per heavy atom. The molecule has 0 aromatic carbocycles. The highest BCUT2D eigenvalue weighted by atomic mass is 32.1. The molecule has 1 aromatic heterocycles. The van der Waals surface area contributed by atoms with Gasteiger partial charge in [-0.05, 0) is 0 Å². The Balaban J connectivity index is 2.95. The van der Waals surface area contributed by atoms with E-state index in [9.17, 15) is 4.79 Å². The minimum Gasteiger partial charge on any atom is -0.388 e. The molecule has 5 nitrogen and oxygen atoms in total. The molecule has 0 aliphatic rings. The molecule has 0 spiro atoms. The third kappa shape index (κ3) is 1.53. The van der Waals surface area contributed by atoms with Crippen LogP contribution in [0.5, 0.6) is 0 Å². The zero-order valence-electron chi connectivity index (χ0n) is 5.50. The lowest BCUT2D eigenvalue weighted by atomic mass is 10.4. The van der Waals surface area contributed by atoms with E-state index in [4.69, 9.17) is 5.73 Å². The average Bonchev–Trinajstić information content (AvgIpc) is 2.36. The van der Waals surface area contributed by atoms with Crippen molar-refractivity contribution in [2.75, 3.05) is 5.32 Å². The summed E-state index contributed by atoms with van der Waals surface area (Å²) in [5.74, 6) is 0.354. The van der Waals surface area contributed by atoms with Crippen LogP contribution in [0.3, 0.4) is 0 Å².